The van der Waals surface area contributed by atoms with Crippen LogP contribution in [0.5, 0.6) is 0 Å². The SMILES string of the molecule is COC(=O)CN1C2CCC1CC(NC(=O)OC(C)(C)C)C2. The van der Waals surface area contributed by atoms with E-state index in [0.29, 0.717) is 18.6 Å². The molecule has 2 atom stereocenters. The van der Waals surface area contributed by atoms with E-state index in [-0.39, 0.29) is 18.1 Å². The van der Waals surface area contributed by atoms with Crippen LogP contribution in [0.15, 0.2) is 0 Å². The van der Waals surface area contributed by atoms with Gasteiger partial charge in [-0.3, -0.25) is 9.69 Å². The van der Waals surface area contributed by atoms with Gasteiger partial charge in [0.1, 0.15) is 5.60 Å². The standard InChI is InChI=1S/C15H26N2O4/c1-15(2,3)21-14(19)16-10-7-11-5-6-12(8-10)17(11)9-13(18)20-4/h10-12H,5-9H2,1-4H3,(H,16,19). The maximum Gasteiger partial charge on any atom is 0.407 e. The van der Waals surface area contributed by atoms with Crippen LogP contribution >= 0.6 is 0 Å². The molecule has 120 valence electrons. The molecule has 0 aromatic rings. The van der Waals surface area contributed by atoms with E-state index >= 15 is 0 Å². The number of hydrogen-bond donors (Lipinski definition) is 1. The van der Waals surface area contributed by atoms with Crippen molar-refractivity contribution in [1.82, 2.24) is 10.2 Å². The van der Waals surface area contributed by atoms with Crippen LogP contribution in [-0.2, 0) is 14.3 Å². The molecule has 2 unspecified atom stereocenters. The molecule has 21 heavy (non-hydrogen) atoms. The number of nitrogens with one attached hydrogen (secondary N) is 1. The van der Waals surface area contributed by atoms with Crippen molar-refractivity contribution in [1.29, 1.82) is 0 Å². The summed E-state index contributed by atoms with van der Waals surface area (Å²) >= 11 is 0. The highest BCUT2D eigenvalue weighted by atomic mass is 16.6. The van der Waals surface area contributed by atoms with Crippen LogP contribution in [0.1, 0.15) is 46.5 Å². The van der Waals surface area contributed by atoms with Crippen molar-refractivity contribution in [3.05, 3.63) is 0 Å². The Hall–Kier alpha value is -1.30. The molecule has 0 saturated carbocycles. The third-order valence-electron chi connectivity index (χ3n) is 4.14. The molecule has 2 fully saturated rings. The summed E-state index contributed by atoms with van der Waals surface area (Å²) in [6, 6.07) is 0.830. The van der Waals surface area contributed by atoms with Crippen LogP contribution in [0.3, 0.4) is 0 Å². The number of hydrogen-bond acceptors (Lipinski definition) is 5. The number of fused-ring (bicyclic) bond motifs is 2. The summed E-state index contributed by atoms with van der Waals surface area (Å²) in [6.45, 7) is 5.92. The van der Waals surface area contributed by atoms with Gasteiger partial charge in [-0.1, -0.05) is 0 Å². The summed E-state index contributed by atoms with van der Waals surface area (Å²) in [5, 5.41) is 2.96. The van der Waals surface area contributed by atoms with Crippen LogP contribution in [0, 0.1) is 0 Å². The average molecular weight is 298 g/mol. The second-order valence-electron chi connectivity index (χ2n) is 6.95. The third kappa shape index (κ3) is 4.33. The Labute approximate surface area is 126 Å². The Morgan fingerprint density at radius 1 is 1.19 bits per heavy atom. The number of alkyl carbamates (subject to hydrolysis) is 1. The molecule has 0 aromatic heterocycles. The second kappa shape index (κ2) is 6.22. The minimum absolute atomic E-state index is 0.131. The monoisotopic (exact) mass is 298 g/mol. The Balaban J connectivity index is 1.86. The molecule has 0 aliphatic carbocycles. The predicted molar refractivity (Wildman–Crippen MR) is 77.9 cm³/mol. The van der Waals surface area contributed by atoms with E-state index < -0.39 is 5.60 Å². The topological polar surface area (TPSA) is 67.9 Å². The van der Waals surface area contributed by atoms with Gasteiger partial charge in [0.2, 0.25) is 0 Å². The summed E-state index contributed by atoms with van der Waals surface area (Å²) in [4.78, 5) is 25.5. The van der Waals surface area contributed by atoms with Crippen molar-refractivity contribution in [2.45, 2.75) is 70.2 Å². The molecule has 2 saturated heterocycles. The highest BCUT2D eigenvalue weighted by Crippen LogP contribution is 2.35. The van der Waals surface area contributed by atoms with Crippen molar-refractivity contribution in [2.24, 2.45) is 0 Å². The zero-order valence-corrected chi connectivity index (χ0v) is 13.3. The van der Waals surface area contributed by atoms with Gasteiger partial charge in [-0.05, 0) is 46.5 Å². The molecular weight excluding hydrogens is 272 g/mol. The average Bonchev–Trinajstić information content (AvgIpc) is 2.58. The molecule has 6 nitrogen and oxygen atoms in total. The largest absolute Gasteiger partial charge is 0.468 e. The first-order chi connectivity index (χ1) is 9.78. The molecule has 0 spiro atoms. The lowest BCUT2D eigenvalue weighted by Gasteiger charge is -2.38. The molecule has 1 N–H and O–H groups in total. The van der Waals surface area contributed by atoms with Gasteiger partial charge < -0.3 is 14.8 Å². The Bertz CT molecular complexity index is 391. The van der Waals surface area contributed by atoms with E-state index in [2.05, 4.69) is 10.2 Å². The minimum Gasteiger partial charge on any atom is -0.468 e. The lowest BCUT2D eigenvalue weighted by atomic mass is 9.97. The van der Waals surface area contributed by atoms with E-state index in [4.69, 9.17) is 9.47 Å². The third-order valence-corrected chi connectivity index (χ3v) is 4.14. The summed E-state index contributed by atoms with van der Waals surface area (Å²) in [7, 11) is 1.42. The number of nitrogens with zero attached hydrogens (tertiary/aromatic N) is 1. The van der Waals surface area contributed by atoms with Crippen LogP contribution in [0.2, 0.25) is 0 Å². The number of rotatable bonds is 3. The first-order valence-electron chi connectivity index (χ1n) is 7.60. The van der Waals surface area contributed by atoms with Crippen LogP contribution < -0.4 is 5.32 Å². The number of amides is 1. The zero-order valence-electron chi connectivity index (χ0n) is 13.3. The highest BCUT2D eigenvalue weighted by molar-refractivity contribution is 5.71. The van der Waals surface area contributed by atoms with Gasteiger partial charge in [0.25, 0.3) is 0 Å². The van der Waals surface area contributed by atoms with E-state index in [0.717, 1.165) is 25.7 Å². The van der Waals surface area contributed by atoms with Crippen molar-refractivity contribution >= 4 is 12.1 Å². The predicted octanol–water partition coefficient (Wildman–Crippen LogP) is 1.68. The minimum atomic E-state index is -0.478. The van der Waals surface area contributed by atoms with Gasteiger partial charge in [-0.15, -0.1) is 0 Å². The van der Waals surface area contributed by atoms with Gasteiger partial charge in [0, 0.05) is 18.1 Å². The highest BCUT2D eigenvalue weighted by Gasteiger charge is 2.42. The molecule has 0 radical (unpaired) electrons. The molecule has 2 heterocycles. The van der Waals surface area contributed by atoms with Crippen molar-refractivity contribution in [3.8, 4) is 0 Å². The summed E-state index contributed by atoms with van der Waals surface area (Å²) in [5.41, 5.74) is -0.478. The molecule has 0 aromatic carbocycles. The molecular formula is C15H26N2O4. The molecule has 2 rings (SSSR count). The summed E-state index contributed by atoms with van der Waals surface area (Å²) in [5.74, 6) is -0.189. The molecule has 2 bridgehead atoms. The van der Waals surface area contributed by atoms with E-state index in [1.165, 1.54) is 7.11 Å². The van der Waals surface area contributed by atoms with Gasteiger partial charge in [-0.25, -0.2) is 4.79 Å². The molecule has 6 heteroatoms. The lowest BCUT2D eigenvalue weighted by Crippen LogP contribution is -2.52. The fourth-order valence-corrected chi connectivity index (χ4v) is 3.34. The summed E-state index contributed by atoms with van der Waals surface area (Å²) in [6.07, 6.45) is 3.54. The van der Waals surface area contributed by atoms with Crippen LogP contribution in [0.25, 0.3) is 0 Å². The smallest absolute Gasteiger partial charge is 0.407 e. The number of ether oxygens (including phenoxy) is 2. The van der Waals surface area contributed by atoms with Gasteiger partial charge in [-0.2, -0.15) is 0 Å². The van der Waals surface area contributed by atoms with Crippen LogP contribution in [-0.4, -0.2) is 54.3 Å². The van der Waals surface area contributed by atoms with Crippen molar-refractivity contribution in [2.75, 3.05) is 13.7 Å². The van der Waals surface area contributed by atoms with Gasteiger partial charge in [0.05, 0.1) is 13.7 Å². The van der Waals surface area contributed by atoms with Crippen molar-refractivity contribution in [3.63, 3.8) is 0 Å². The zero-order chi connectivity index (χ0) is 15.6. The molecule has 1 amide bonds. The second-order valence-corrected chi connectivity index (χ2v) is 6.95. The van der Waals surface area contributed by atoms with Gasteiger partial charge >= 0.3 is 12.1 Å². The molecule has 2 aliphatic heterocycles. The number of esters is 1. The molecule has 2 aliphatic rings. The van der Waals surface area contributed by atoms with E-state index in [1.54, 1.807) is 0 Å². The summed E-state index contributed by atoms with van der Waals surface area (Å²) < 4.78 is 10.1. The maximum absolute atomic E-state index is 11.8. The number of carbonyl (C=O) groups excluding carboxylic acids is 2. The normalized spacial score (nSPS) is 29.0. The number of methoxy groups -OCH3 is 1. The Kier molecular flexibility index (Phi) is 4.76. The first kappa shape index (κ1) is 16.1. The first-order valence-corrected chi connectivity index (χ1v) is 7.60. The van der Waals surface area contributed by atoms with Crippen LogP contribution in [0.4, 0.5) is 4.79 Å². The quantitative estimate of drug-likeness (QED) is 0.803. The number of carbonyl (C=O) groups is 2. The maximum atomic E-state index is 11.8. The fourth-order valence-electron chi connectivity index (χ4n) is 3.34. The lowest BCUT2D eigenvalue weighted by molar-refractivity contribution is -0.143. The Morgan fingerprint density at radius 3 is 2.24 bits per heavy atom. The van der Waals surface area contributed by atoms with E-state index in [9.17, 15) is 9.59 Å². The van der Waals surface area contributed by atoms with E-state index in [1.807, 2.05) is 20.8 Å². The fraction of sp³-hybridized carbons (Fsp3) is 0.867. The van der Waals surface area contributed by atoms with Gasteiger partial charge in [0.15, 0.2) is 0 Å². The van der Waals surface area contributed by atoms with Crippen molar-refractivity contribution < 1.29 is 19.1 Å². The Morgan fingerprint density at radius 2 is 1.76 bits per heavy atom. The number of piperidine rings is 1.